The van der Waals surface area contributed by atoms with Gasteiger partial charge in [0.05, 0.1) is 0 Å². The minimum Gasteiger partial charge on any atom is -0.365 e. The summed E-state index contributed by atoms with van der Waals surface area (Å²) in [6.45, 7) is 0. The number of nitrogens with two attached hydrogens (primary N) is 1. The topological polar surface area (TPSA) is 64.9 Å². The molecule has 4 bridgehead atoms. The molecule has 0 amide bonds. The maximum absolute atomic E-state index is 5.56. The molecular weight excluding hydrogens is 202 g/mol. The second kappa shape index (κ2) is 2.99. The molecule has 0 unspecified atom stereocenters. The van der Waals surface area contributed by atoms with Gasteiger partial charge in [0, 0.05) is 5.92 Å². The largest absolute Gasteiger partial charge is 0.365 e. The fraction of sp³-hybridized carbons (Fsp3) is 0.833. The average molecular weight is 219 g/mol. The highest BCUT2D eigenvalue weighted by Gasteiger charge is 2.50. The summed E-state index contributed by atoms with van der Waals surface area (Å²) >= 11 is 0. The van der Waals surface area contributed by atoms with Gasteiger partial charge in [0.25, 0.3) is 5.95 Å². The predicted molar refractivity (Wildman–Crippen MR) is 58.5 cm³/mol. The van der Waals surface area contributed by atoms with Crippen LogP contribution in [0.15, 0.2) is 4.52 Å². The summed E-state index contributed by atoms with van der Waals surface area (Å²) in [5.74, 6) is 5.16. The van der Waals surface area contributed by atoms with Gasteiger partial charge >= 0.3 is 0 Å². The molecule has 1 aromatic rings. The summed E-state index contributed by atoms with van der Waals surface area (Å²) < 4.78 is 5.30. The van der Waals surface area contributed by atoms with Crippen LogP contribution in [0.1, 0.15) is 43.9 Å². The lowest BCUT2D eigenvalue weighted by atomic mass is 9.52. The molecule has 4 heteroatoms. The molecule has 2 N–H and O–H groups in total. The number of hydrogen-bond acceptors (Lipinski definition) is 4. The first-order chi connectivity index (χ1) is 7.79. The van der Waals surface area contributed by atoms with Gasteiger partial charge in [-0.15, -0.1) is 0 Å². The molecule has 86 valence electrons. The first kappa shape index (κ1) is 9.02. The van der Waals surface area contributed by atoms with E-state index in [0.29, 0.717) is 11.9 Å². The molecule has 16 heavy (non-hydrogen) atoms. The van der Waals surface area contributed by atoms with Crippen molar-refractivity contribution >= 4 is 5.95 Å². The van der Waals surface area contributed by atoms with Crippen LogP contribution in [0.2, 0.25) is 0 Å². The minimum absolute atomic E-state index is 0.295. The van der Waals surface area contributed by atoms with E-state index in [1.165, 1.54) is 32.1 Å². The monoisotopic (exact) mass is 219 g/mol. The van der Waals surface area contributed by atoms with Crippen LogP contribution in [0.3, 0.4) is 0 Å². The molecule has 4 aliphatic carbocycles. The highest BCUT2D eigenvalue weighted by molar-refractivity contribution is 5.16. The zero-order valence-electron chi connectivity index (χ0n) is 9.30. The third kappa shape index (κ3) is 1.16. The average Bonchev–Trinajstić information content (AvgIpc) is 2.63. The van der Waals surface area contributed by atoms with Crippen molar-refractivity contribution in [1.82, 2.24) is 10.1 Å². The Morgan fingerprint density at radius 3 is 2.12 bits per heavy atom. The fourth-order valence-corrected chi connectivity index (χ4v) is 4.71. The lowest BCUT2D eigenvalue weighted by molar-refractivity contribution is -0.0131. The third-order valence-corrected chi connectivity index (χ3v) is 4.97. The summed E-state index contributed by atoms with van der Waals surface area (Å²) in [4.78, 5) is 4.26. The standard InChI is InChI=1S/C12H17N3O/c13-12-14-11(16-15-12)10-8-2-6-1-7(4-8)5-9(10)3-6/h6-10H,1-5H2,(H2,13,15). The van der Waals surface area contributed by atoms with Crippen molar-refractivity contribution in [3.8, 4) is 0 Å². The quantitative estimate of drug-likeness (QED) is 0.786. The maximum Gasteiger partial charge on any atom is 0.260 e. The number of anilines is 1. The minimum atomic E-state index is 0.295. The summed E-state index contributed by atoms with van der Waals surface area (Å²) in [6.07, 6.45) is 6.98. The molecule has 0 saturated heterocycles. The summed E-state index contributed by atoms with van der Waals surface area (Å²) in [5, 5.41) is 3.74. The highest BCUT2D eigenvalue weighted by Crippen LogP contribution is 2.59. The van der Waals surface area contributed by atoms with Crippen molar-refractivity contribution in [1.29, 1.82) is 0 Å². The Morgan fingerprint density at radius 1 is 1.00 bits per heavy atom. The Hall–Kier alpha value is -1.06. The van der Waals surface area contributed by atoms with Crippen molar-refractivity contribution in [3.63, 3.8) is 0 Å². The lowest BCUT2D eigenvalue weighted by Crippen LogP contribution is -2.43. The molecule has 1 aromatic heterocycles. The van der Waals surface area contributed by atoms with E-state index in [2.05, 4.69) is 10.1 Å². The van der Waals surface area contributed by atoms with Gasteiger partial charge in [-0.3, -0.25) is 0 Å². The SMILES string of the molecule is Nc1noc(C2C3CC4CC(C3)CC2C4)n1. The Kier molecular flexibility index (Phi) is 1.69. The van der Waals surface area contributed by atoms with Crippen LogP contribution in [-0.4, -0.2) is 10.1 Å². The van der Waals surface area contributed by atoms with Crippen molar-refractivity contribution in [2.24, 2.45) is 23.7 Å². The lowest BCUT2D eigenvalue weighted by Gasteiger charge is -2.53. The summed E-state index contributed by atoms with van der Waals surface area (Å²) in [5.41, 5.74) is 5.56. The van der Waals surface area contributed by atoms with Gasteiger partial charge in [-0.05, 0) is 60.9 Å². The van der Waals surface area contributed by atoms with Crippen molar-refractivity contribution in [3.05, 3.63) is 5.89 Å². The van der Waals surface area contributed by atoms with Crippen molar-refractivity contribution < 1.29 is 4.52 Å². The van der Waals surface area contributed by atoms with Crippen molar-refractivity contribution in [2.45, 2.75) is 38.0 Å². The summed E-state index contributed by atoms with van der Waals surface area (Å²) in [6, 6.07) is 0. The van der Waals surface area contributed by atoms with E-state index in [1.807, 2.05) is 0 Å². The number of nitrogens with zero attached hydrogens (tertiary/aromatic N) is 2. The smallest absolute Gasteiger partial charge is 0.260 e. The molecule has 4 saturated carbocycles. The number of aromatic nitrogens is 2. The first-order valence-electron chi connectivity index (χ1n) is 6.38. The van der Waals surface area contributed by atoms with E-state index in [-0.39, 0.29) is 0 Å². The first-order valence-corrected chi connectivity index (χ1v) is 6.38. The second-order valence-corrected chi connectivity index (χ2v) is 5.95. The predicted octanol–water partition coefficient (Wildman–Crippen LogP) is 2.19. The normalized spacial score (nSPS) is 45.1. The van der Waals surface area contributed by atoms with Crippen LogP contribution in [0, 0.1) is 23.7 Å². The van der Waals surface area contributed by atoms with E-state index < -0.39 is 0 Å². The van der Waals surface area contributed by atoms with Gasteiger partial charge in [0.1, 0.15) is 0 Å². The molecule has 0 aromatic carbocycles. The molecule has 5 rings (SSSR count). The fourth-order valence-electron chi connectivity index (χ4n) is 4.71. The summed E-state index contributed by atoms with van der Waals surface area (Å²) in [7, 11) is 0. The van der Waals surface area contributed by atoms with E-state index in [9.17, 15) is 0 Å². The number of rotatable bonds is 1. The van der Waals surface area contributed by atoms with Gasteiger partial charge in [0.15, 0.2) is 0 Å². The Labute approximate surface area is 94.6 Å². The Bertz CT molecular complexity index is 386. The van der Waals surface area contributed by atoms with E-state index >= 15 is 0 Å². The van der Waals surface area contributed by atoms with E-state index in [0.717, 1.165) is 29.6 Å². The van der Waals surface area contributed by atoms with E-state index in [4.69, 9.17) is 10.3 Å². The molecular formula is C12H17N3O. The van der Waals surface area contributed by atoms with Crippen LogP contribution in [0.4, 0.5) is 5.95 Å². The molecule has 0 radical (unpaired) electrons. The molecule has 4 nitrogen and oxygen atoms in total. The zero-order valence-corrected chi connectivity index (χ0v) is 9.30. The van der Waals surface area contributed by atoms with Gasteiger partial charge in [0.2, 0.25) is 5.89 Å². The molecule has 0 aliphatic heterocycles. The van der Waals surface area contributed by atoms with Gasteiger partial charge in [-0.25, -0.2) is 0 Å². The van der Waals surface area contributed by atoms with Crippen LogP contribution in [-0.2, 0) is 0 Å². The zero-order chi connectivity index (χ0) is 10.7. The van der Waals surface area contributed by atoms with Crippen LogP contribution >= 0.6 is 0 Å². The number of hydrogen-bond donors (Lipinski definition) is 1. The molecule has 4 fully saturated rings. The molecule has 0 spiro atoms. The molecule has 1 heterocycles. The Morgan fingerprint density at radius 2 is 1.62 bits per heavy atom. The van der Waals surface area contributed by atoms with Crippen LogP contribution < -0.4 is 5.73 Å². The second-order valence-electron chi connectivity index (χ2n) is 5.95. The van der Waals surface area contributed by atoms with Gasteiger partial charge in [-0.1, -0.05) is 0 Å². The highest BCUT2D eigenvalue weighted by atomic mass is 16.5. The van der Waals surface area contributed by atoms with Crippen LogP contribution in [0.5, 0.6) is 0 Å². The molecule has 0 atom stereocenters. The molecule has 4 aliphatic rings. The van der Waals surface area contributed by atoms with E-state index in [1.54, 1.807) is 0 Å². The van der Waals surface area contributed by atoms with Crippen molar-refractivity contribution in [2.75, 3.05) is 5.73 Å². The van der Waals surface area contributed by atoms with Crippen LogP contribution in [0.25, 0.3) is 0 Å². The third-order valence-electron chi connectivity index (χ3n) is 4.97. The van der Waals surface area contributed by atoms with Gasteiger partial charge < -0.3 is 10.3 Å². The number of nitrogen functional groups attached to an aromatic ring is 1. The maximum atomic E-state index is 5.56. The Balaban J connectivity index is 1.69. The van der Waals surface area contributed by atoms with Gasteiger partial charge in [-0.2, -0.15) is 4.98 Å².